The monoisotopic (exact) mass is 434 g/mol. The fourth-order valence-corrected chi connectivity index (χ4v) is 2.83. The lowest BCUT2D eigenvalue weighted by molar-refractivity contribution is 0.0697. The van der Waals surface area contributed by atoms with Crippen LogP contribution in [-0.2, 0) is 0 Å². The standard InChI is InChI=1S/C25H26N2O5/c1-30-22-13-7-20(8-14-22)26-27-21-9-15-24(16-10-21)32-18-4-2-3-17-31-23-11-5-19(6-12-23)25(28)29/h5-16H,2-4,17-18H2,1H3,(H,28,29). The Morgan fingerprint density at radius 3 is 1.56 bits per heavy atom. The first-order chi connectivity index (χ1) is 15.6. The van der Waals surface area contributed by atoms with Crippen molar-refractivity contribution in [3.05, 3.63) is 78.4 Å². The molecule has 0 atom stereocenters. The summed E-state index contributed by atoms with van der Waals surface area (Å²) < 4.78 is 16.5. The number of azo groups is 1. The zero-order valence-corrected chi connectivity index (χ0v) is 17.9. The van der Waals surface area contributed by atoms with Crippen LogP contribution >= 0.6 is 0 Å². The first kappa shape index (κ1) is 22.8. The Bertz CT molecular complexity index is 1000. The topological polar surface area (TPSA) is 89.7 Å². The molecule has 0 saturated carbocycles. The van der Waals surface area contributed by atoms with Gasteiger partial charge in [0, 0.05) is 0 Å². The maximum Gasteiger partial charge on any atom is 0.335 e. The lowest BCUT2D eigenvalue weighted by Crippen LogP contribution is -2.01. The number of aromatic carboxylic acids is 1. The van der Waals surface area contributed by atoms with Crippen molar-refractivity contribution in [1.29, 1.82) is 0 Å². The second-order valence-electron chi connectivity index (χ2n) is 6.98. The number of hydrogen-bond acceptors (Lipinski definition) is 6. The van der Waals surface area contributed by atoms with Gasteiger partial charge in [-0.1, -0.05) is 0 Å². The van der Waals surface area contributed by atoms with E-state index in [2.05, 4.69) is 10.2 Å². The quantitative estimate of drug-likeness (QED) is 0.262. The maximum absolute atomic E-state index is 10.8. The van der Waals surface area contributed by atoms with Crippen LogP contribution in [0.3, 0.4) is 0 Å². The van der Waals surface area contributed by atoms with Crippen LogP contribution in [0.2, 0.25) is 0 Å². The minimum Gasteiger partial charge on any atom is -0.497 e. The molecule has 1 N–H and O–H groups in total. The van der Waals surface area contributed by atoms with Crippen molar-refractivity contribution in [2.75, 3.05) is 20.3 Å². The number of rotatable bonds is 12. The highest BCUT2D eigenvalue weighted by Crippen LogP contribution is 2.23. The van der Waals surface area contributed by atoms with E-state index in [1.807, 2.05) is 48.5 Å². The fourth-order valence-electron chi connectivity index (χ4n) is 2.83. The molecule has 3 aromatic rings. The van der Waals surface area contributed by atoms with Gasteiger partial charge in [0.25, 0.3) is 0 Å². The molecule has 0 aliphatic rings. The van der Waals surface area contributed by atoms with E-state index in [1.54, 1.807) is 19.2 Å². The van der Waals surface area contributed by atoms with Crippen LogP contribution in [0, 0.1) is 0 Å². The van der Waals surface area contributed by atoms with E-state index in [9.17, 15) is 4.79 Å². The molecule has 0 radical (unpaired) electrons. The zero-order valence-electron chi connectivity index (χ0n) is 17.9. The highest BCUT2D eigenvalue weighted by Gasteiger charge is 2.02. The van der Waals surface area contributed by atoms with Gasteiger partial charge in [-0.3, -0.25) is 0 Å². The van der Waals surface area contributed by atoms with Gasteiger partial charge in [0.05, 0.1) is 37.3 Å². The molecule has 0 unspecified atom stereocenters. The number of unbranched alkanes of at least 4 members (excludes halogenated alkanes) is 2. The Labute approximate surface area is 187 Å². The van der Waals surface area contributed by atoms with E-state index in [0.29, 0.717) is 19.0 Å². The Hall–Kier alpha value is -3.87. The van der Waals surface area contributed by atoms with Crippen molar-refractivity contribution in [1.82, 2.24) is 0 Å². The summed E-state index contributed by atoms with van der Waals surface area (Å²) in [6.07, 6.45) is 2.79. The third-order valence-corrected chi connectivity index (χ3v) is 4.62. The molecule has 0 heterocycles. The SMILES string of the molecule is COc1ccc(N=Nc2ccc(OCCCCCOc3ccc(C(=O)O)cc3)cc2)cc1. The van der Waals surface area contributed by atoms with Gasteiger partial charge < -0.3 is 19.3 Å². The summed E-state index contributed by atoms with van der Waals surface area (Å²) in [7, 11) is 1.63. The summed E-state index contributed by atoms with van der Waals surface area (Å²) in [5.74, 6) is 1.31. The summed E-state index contributed by atoms with van der Waals surface area (Å²) in [6.45, 7) is 1.21. The molecule has 0 bridgehead atoms. The zero-order chi connectivity index (χ0) is 22.6. The Morgan fingerprint density at radius 1 is 0.688 bits per heavy atom. The smallest absolute Gasteiger partial charge is 0.335 e. The minimum atomic E-state index is -0.941. The molecule has 166 valence electrons. The summed E-state index contributed by atoms with van der Waals surface area (Å²) >= 11 is 0. The number of carboxylic acids is 1. The van der Waals surface area contributed by atoms with Crippen molar-refractivity contribution in [2.24, 2.45) is 10.2 Å². The fraction of sp³-hybridized carbons (Fsp3) is 0.240. The van der Waals surface area contributed by atoms with Crippen LogP contribution in [0.5, 0.6) is 17.2 Å². The third kappa shape index (κ3) is 7.43. The van der Waals surface area contributed by atoms with Gasteiger partial charge in [0.1, 0.15) is 17.2 Å². The van der Waals surface area contributed by atoms with Crippen LogP contribution in [0.25, 0.3) is 0 Å². The molecule has 7 nitrogen and oxygen atoms in total. The van der Waals surface area contributed by atoms with E-state index in [1.165, 1.54) is 12.1 Å². The third-order valence-electron chi connectivity index (χ3n) is 4.62. The van der Waals surface area contributed by atoms with E-state index < -0.39 is 5.97 Å². The Kier molecular flexibility index (Phi) is 8.62. The van der Waals surface area contributed by atoms with Crippen molar-refractivity contribution in [3.63, 3.8) is 0 Å². The van der Waals surface area contributed by atoms with Gasteiger partial charge in [0.2, 0.25) is 0 Å². The molecule has 32 heavy (non-hydrogen) atoms. The van der Waals surface area contributed by atoms with Gasteiger partial charge in [-0.25, -0.2) is 4.79 Å². The number of methoxy groups -OCH3 is 1. The molecule has 0 spiro atoms. The normalized spacial score (nSPS) is 10.8. The Balaban J connectivity index is 1.30. The number of carbonyl (C=O) groups is 1. The summed E-state index contributed by atoms with van der Waals surface area (Å²) in [6, 6.07) is 21.3. The van der Waals surface area contributed by atoms with Gasteiger partial charge in [-0.15, -0.1) is 0 Å². The number of ether oxygens (including phenoxy) is 3. The predicted molar refractivity (Wildman–Crippen MR) is 122 cm³/mol. The minimum absolute atomic E-state index is 0.253. The summed E-state index contributed by atoms with van der Waals surface area (Å²) in [5.41, 5.74) is 1.76. The molecule has 0 fully saturated rings. The lowest BCUT2D eigenvalue weighted by Gasteiger charge is -2.08. The number of hydrogen-bond donors (Lipinski definition) is 1. The summed E-state index contributed by atoms with van der Waals surface area (Å²) in [4.78, 5) is 10.8. The van der Waals surface area contributed by atoms with Gasteiger partial charge >= 0.3 is 5.97 Å². The van der Waals surface area contributed by atoms with Crippen LogP contribution in [0.15, 0.2) is 83.0 Å². The lowest BCUT2D eigenvalue weighted by atomic mass is 10.2. The van der Waals surface area contributed by atoms with Crippen molar-refractivity contribution in [2.45, 2.75) is 19.3 Å². The molecule has 3 aromatic carbocycles. The molecule has 0 amide bonds. The number of nitrogens with zero attached hydrogens (tertiary/aromatic N) is 2. The van der Waals surface area contributed by atoms with Crippen molar-refractivity contribution in [3.8, 4) is 17.2 Å². The molecule has 0 saturated heterocycles. The highest BCUT2D eigenvalue weighted by atomic mass is 16.5. The molecule has 0 aromatic heterocycles. The number of carboxylic acid groups (broad SMARTS) is 1. The molecule has 0 aliphatic carbocycles. The second-order valence-corrected chi connectivity index (χ2v) is 6.98. The molecular weight excluding hydrogens is 408 g/mol. The predicted octanol–water partition coefficient (Wildman–Crippen LogP) is 6.44. The van der Waals surface area contributed by atoms with Crippen LogP contribution in [0.4, 0.5) is 11.4 Å². The maximum atomic E-state index is 10.8. The summed E-state index contributed by atoms with van der Waals surface area (Å²) in [5, 5.41) is 17.3. The van der Waals surface area contributed by atoms with E-state index >= 15 is 0 Å². The first-order valence-electron chi connectivity index (χ1n) is 10.4. The number of benzene rings is 3. The average molecular weight is 434 g/mol. The van der Waals surface area contributed by atoms with Crippen LogP contribution < -0.4 is 14.2 Å². The molecule has 3 rings (SSSR count). The van der Waals surface area contributed by atoms with Crippen molar-refractivity contribution >= 4 is 17.3 Å². The average Bonchev–Trinajstić information content (AvgIpc) is 2.83. The second kappa shape index (κ2) is 12.1. The van der Waals surface area contributed by atoms with Crippen LogP contribution in [-0.4, -0.2) is 31.4 Å². The highest BCUT2D eigenvalue weighted by molar-refractivity contribution is 5.87. The Morgan fingerprint density at radius 2 is 1.12 bits per heavy atom. The van der Waals surface area contributed by atoms with E-state index in [4.69, 9.17) is 19.3 Å². The molecular formula is C25H26N2O5. The first-order valence-corrected chi connectivity index (χ1v) is 10.4. The van der Waals surface area contributed by atoms with Gasteiger partial charge in [-0.2, -0.15) is 10.2 Å². The van der Waals surface area contributed by atoms with E-state index in [0.717, 1.165) is 42.1 Å². The van der Waals surface area contributed by atoms with Crippen LogP contribution in [0.1, 0.15) is 29.6 Å². The molecule has 0 aliphatic heterocycles. The largest absolute Gasteiger partial charge is 0.497 e. The van der Waals surface area contributed by atoms with Gasteiger partial charge in [-0.05, 0) is 92.1 Å². The van der Waals surface area contributed by atoms with Crippen molar-refractivity contribution < 1.29 is 24.1 Å². The molecule has 7 heteroatoms. The van der Waals surface area contributed by atoms with Gasteiger partial charge in [0.15, 0.2) is 0 Å². The van der Waals surface area contributed by atoms with E-state index in [-0.39, 0.29) is 5.56 Å².